The summed E-state index contributed by atoms with van der Waals surface area (Å²) in [7, 11) is 0. The second kappa shape index (κ2) is 5.12. The van der Waals surface area contributed by atoms with E-state index in [-0.39, 0.29) is 18.3 Å². The van der Waals surface area contributed by atoms with Crippen molar-refractivity contribution in [3.05, 3.63) is 12.2 Å². The van der Waals surface area contributed by atoms with Crippen LogP contribution in [0.25, 0.3) is 0 Å². The van der Waals surface area contributed by atoms with E-state index < -0.39 is 17.0 Å². The molecule has 18 heavy (non-hydrogen) atoms. The number of esters is 1. The van der Waals surface area contributed by atoms with E-state index >= 15 is 0 Å². The number of carboxylic acids is 1. The van der Waals surface area contributed by atoms with Gasteiger partial charge >= 0.3 is 11.9 Å². The van der Waals surface area contributed by atoms with E-state index in [1.807, 2.05) is 39.8 Å². The third-order valence-electron chi connectivity index (χ3n) is 3.06. The molecular weight excluding hydrogens is 232 g/mol. The Kier molecular flexibility index (Phi) is 4.20. The Hall–Kier alpha value is -1.32. The summed E-state index contributed by atoms with van der Waals surface area (Å²) in [6.07, 6.45) is 5.20. The number of carboxylic acid groups (broad SMARTS) is 1. The van der Waals surface area contributed by atoms with Gasteiger partial charge in [0.15, 0.2) is 0 Å². The van der Waals surface area contributed by atoms with Gasteiger partial charge in [0.05, 0.1) is 5.41 Å². The zero-order valence-corrected chi connectivity index (χ0v) is 11.5. The third kappa shape index (κ3) is 4.17. The number of carbonyl (C=O) groups excluding carboxylic acids is 1. The van der Waals surface area contributed by atoms with Gasteiger partial charge in [-0.2, -0.15) is 0 Å². The van der Waals surface area contributed by atoms with Crippen molar-refractivity contribution >= 4 is 11.9 Å². The summed E-state index contributed by atoms with van der Waals surface area (Å²) in [5, 5.41) is 8.50. The molecule has 0 aromatic carbocycles. The Morgan fingerprint density at radius 2 is 2.06 bits per heavy atom. The van der Waals surface area contributed by atoms with Crippen molar-refractivity contribution in [2.75, 3.05) is 0 Å². The predicted octanol–water partition coefficient (Wildman–Crippen LogP) is 2.78. The average molecular weight is 254 g/mol. The van der Waals surface area contributed by atoms with Crippen molar-refractivity contribution in [1.82, 2.24) is 0 Å². The van der Waals surface area contributed by atoms with Crippen LogP contribution in [0.4, 0.5) is 0 Å². The zero-order chi connectivity index (χ0) is 14.0. The van der Waals surface area contributed by atoms with E-state index in [1.54, 1.807) is 0 Å². The molecule has 0 bridgehead atoms. The van der Waals surface area contributed by atoms with Crippen LogP contribution in [0.15, 0.2) is 12.2 Å². The highest BCUT2D eigenvalue weighted by Gasteiger charge is 2.56. The molecule has 0 saturated heterocycles. The molecule has 2 atom stereocenters. The minimum Gasteiger partial charge on any atom is -0.481 e. The number of hydrogen-bond acceptors (Lipinski definition) is 3. The van der Waals surface area contributed by atoms with Gasteiger partial charge in [0.2, 0.25) is 0 Å². The third-order valence-corrected chi connectivity index (χ3v) is 3.06. The molecular formula is C14H22O4. The summed E-state index contributed by atoms with van der Waals surface area (Å²) >= 11 is 0. The molecule has 102 valence electrons. The highest BCUT2D eigenvalue weighted by Crippen LogP contribution is 2.54. The van der Waals surface area contributed by atoms with Gasteiger partial charge in [-0.25, -0.2) is 0 Å². The highest BCUT2D eigenvalue weighted by atomic mass is 16.6. The fraction of sp³-hybridized carbons (Fsp3) is 0.714. The highest BCUT2D eigenvalue weighted by molar-refractivity contribution is 5.81. The lowest BCUT2D eigenvalue weighted by atomic mass is 10.1. The van der Waals surface area contributed by atoms with Crippen LogP contribution < -0.4 is 0 Å². The van der Waals surface area contributed by atoms with Gasteiger partial charge in [0.1, 0.15) is 5.60 Å². The number of ether oxygens (including phenoxy) is 1. The van der Waals surface area contributed by atoms with Gasteiger partial charge < -0.3 is 9.84 Å². The van der Waals surface area contributed by atoms with Crippen LogP contribution in [-0.4, -0.2) is 22.6 Å². The SMILES string of the molecule is CC(C)(C)OC(=O)[C@@]1(C)C[C@@H]1/C=C/CCC(=O)O. The minimum absolute atomic E-state index is 0.131. The smallest absolute Gasteiger partial charge is 0.312 e. The van der Waals surface area contributed by atoms with Crippen molar-refractivity contribution in [3.8, 4) is 0 Å². The summed E-state index contributed by atoms with van der Waals surface area (Å²) in [6.45, 7) is 7.46. The Morgan fingerprint density at radius 1 is 1.44 bits per heavy atom. The Balaban J connectivity index is 2.41. The van der Waals surface area contributed by atoms with E-state index in [2.05, 4.69) is 0 Å². The maximum atomic E-state index is 11.9. The van der Waals surface area contributed by atoms with Crippen molar-refractivity contribution in [3.63, 3.8) is 0 Å². The summed E-state index contributed by atoms with van der Waals surface area (Å²) < 4.78 is 5.37. The number of aliphatic carboxylic acids is 1. The van der Waals surface area contributed by atoms with Gasteiger partial charge in [-0.3, -0.25) is 9.59 Å². The van der Waals surface area contributed by atoms with Gasteiger partial charge in [-0.05, 0) is 46.5 Å². The van der Waals surface area contributed by atoms with E-state index in [4.69, 9.17) is 9.84 Å². The second-order valence-electron chi connectivity index (χ2n) is 6.09. The monoisotopic (exact) mass is 254 g/mol. The van der Waals surface area contributed by atoms with Crippen molar-refractivity contribution in [2.24, 2.45) is 11.3 Å². The lowest BCUT2D eigenvalue weighted by molar-refractivity contribution is -0.161. The van der Waals surface area contributed by atoms with Gasteiger partial charge in [0.25, 0.3) is 0 Å². The van der Waals surface area contributed by atoms with E-state index in [0.717, 1.165) is 6.42 Å². The first-order valence-corrected chi connectivity index (χ1v) is 6.27. The van der Waals surface area contributed by atoms with E-state index in [1.165, 1.54) is 0 Å². The topological polar surface area (TPSA) is 63.6 Å². The van der Waals surface area contributed by atoms with Crippen LogP contribution in [-0.2, 0) is 14.3 Å². The lowest BCUT2D eigenvalue weighted by Crippen LogP contribution is -2.29. The Morgan fingerprint density at radius 3 is 2.56 bits per heavy atom. The summed E-state index contributed by atoms with van der Waals surface area (Å²) in [5.74, 6) is -0.783. The van der Waals surface area contributed by atoms with Gasteiger partial charge in [-0.15, -0.1) is 0 Å². The van der Waals surface area contributed by atoms with Crippen LogP contribution in [0.5, 0.6) is 0 Å². The maximum absolute atomic E-state index is 11.9. The maximum Gasteiger partial charge on any atom is 0.312 e. The average Bonchev–Trinajstić information content (AvgIpc) is 2.83. The molecule has 1 aliphatic rings. The van der Waals surface area contributed by atoms with Gasteiger partial charge in [-0.1, -0.05) is 12.2 Å². The molecule has 0 unspecified atom stereocenters. The van der Waals surface area contributed by atoms with E-state index in [9.17, 15) is 9.59 Å². The molecule has 0 spiro atoms. The van der Waals surface area contributed by atoms with Crippen molar-refractivity contribution in [2.45, 2.75) is 52.6 Å². The standard InChI is InChI=1S/C14H22O4/c1-13(2,3)18-12(17)14(4)9-10(14)7-5-6-8-11(15)16/h5,7,10H,6,8-9H2,1-4H3,(H,15,16)/b7-5+/t10-,14-/m0/s1. The molecule has 4 heteroatoms. The summed E-state index contributed by atoms with van der Waals surface area (Å²) in [5.41, 5.74) is -0.882. The van der Waals surface area contributed by atoms with E-state index in [0.29, 0.717) is 6.42 Å². The summed E-state index contributed by atoms with van der Waals surface area (Å²) in [6, 6.07) is 0. The van der Waals surface area contributed by atoms with Crippen molar-refractivity contribution < 1.29 is 19.4 Å². The number of rotatable bonds is 5. The summed E-state index contributed by atoms with van der Waals surface area (Å²) in [4.78, 5) is 22.3. The Labute approximate surface area is 108 Å². The second-order valence-corrected chi connectivity index (χ2v) is 6.09. The number of carbonyl (C=O) groups is 2. The number of hydrogen-bond donors (Lipinski definition) is 1. The fourth-order valence-electron chi connectivity index (χ4n) is 1.78. The lowest BCUT2D eigenvalue weighted by Gasteiger charge is -2.22. The van der Waals surface area contributed by atoms with Crippen LogP contribution in [0.3, 0.4) is 0 Å². The molecule has 0 aromatic rings. The normalized spacial score (nSPS) is 27.2. The van der Waals surface area contributed by atoms with Crippen LogP contribution in [0, 0.1) is 11.3 Å². The molecule has 0 aromatic heterocycles. The van der Waals surface area contributed by atoms with Crippen LogP contribution in [0.2, 0.25) is 0 Å². The molecule has 4 nitrogen and oxygen atoms in total. The molecule has 1 N–H and O–H groups in total. The Bertz CT molecular complexity index is 364. The van der Waals surface area contributed by atoms with Crippen LogP contribution >= 0.6 is 0 Å². The quantitative estimate of drug-likeness (QED) is 0.605. The molecule has 0 radical (unpaired) electrons. The minimum atomic E-state index is -0.801. The molecule has 1 rings (SSSR count). The fourth-order valence-corrected chi connectivity index (χ4v) is 1.78. The first-order valence-electron chi connectivity index (χ1n) is 6.27. The van der Waals surface area contributed by atoms with Crippen molar-refractivity contribution in [1.29, 1.82) is 0 Å². The molecule has 1 aliphatic carbocycles. The molecule has 0 heterocycles. The van der Waals surface area contributed by atoms with Crippen LogP contribution in [0.1, 0.15) is 47.0 Å². The molecule has 0 amide bonds. The number of allylic oxidation sites excluding steroid dienone is 2. The first-order chi connectivity index (χ1) is 8.15. The predicted molar refractivity (Wildman–Crippen MR) is 68.1 cm³/mol. The first kappa shape index (κ1) is 14.7. The zero-order valence-electron chi connectivity index (χ0n) is 11.5. The molecule has 0 aliphatic heterocycles. The molecule has 1 saturated carbocycles. The molecule has 1 fully saturated rings. The van der Waals surface area contributed by atoms with Gasteiger partial charge in [0, 0.05) is 6.42 Å². The largest absolute Gasteiger partial charge is 0.481 e.